The summed E-state index contributed by atoms with van der Waals surface area (Å²) >= 11 is 0. The smallest absolute Gasteiger partial charge is 0.412 e. The summed E-state index contributed by atoms with van der Waals surface area (Å²) in [5.41, 5.74) is 1.21. The number of esters is 1. The lowest BCUT2D eigenvalue weighted by Gasteiger charge is -2.07. The first-order valence-corrected chi connectivity index (χ1v) is 6.85. The van der Waals surface area contributed by atoms with Gasteiger partial charge in [-0.25, -0.2) is 9.59 Å². The highest BCUT2D eigenvalue weighted by atomic mass is 16.5. The predicted octanol–water partition coefficient (Wildman–Crippen LogP) is 2.58. The largest absolute Gasteiger partial charge is 0.462 e. The molecule has 0 unspecified atom stereocenters. The van der Waals surface area contributed by atoms with E-state index in [-0.39, 0.29) is 11.8 Å². The van der Waals surface area contributed by atoms with Crippen LogP contribution >= 0.6 is 0 Å². The summed E-state index contributed by atoms with van der Waals surface area (Å²) in [5, 5.41) is 13.2. The lowest BCUT2D eigenvalue weighted by molar-refractivity contribution is 0.0526. The van der Waals surface area contributed by atoms with Gasteiger partial charge in [0.15, 0.2) is 11.6 Å². The van der Waals surface area contributed by atoms with E-state index in [1.165, 1.54) is 7.11 Å². The number of carbonyl (C=O) groups excluding carboxylic acids is 2. The highest BCUT2D eigenvalue weighted by molar-refractivity contribution is 5.89. The molecular formula is C15H16N4O4. The maximum absolute atomic E-state index is 11.6. The molecule has 1 amide bonds. The molecule has 0 saturated carbocycles. The number of rotatable bonds is 5. The SMILES string of the molecule is CCOC(=O)c1ccc(Nc2ccc(NC(=O)OC)nn2)cc1. The van der Waals surface area contributed by atoms with E-state index < -0.39 is 6.09 Å². The summed E-state index contributed by atoms with van der Waals surface area (Å²) in [5.74, 6) is 0.404. The van der Waals surface area contributed by atoms with Crippen LogP contribution in [0.3, 0.4) is 0 Å². The van der Waals surface area contributed by atoms with Gasteiger partial charge >= 0.3 is 12.1 Å². The Labute approximate surface area is 132 Å². The molecule has 2 rings (SSSR count). The molecule has 1 aromatic heterocycles. The molecule has 120 valence electrons. The molecule has 0 spiro atoms. The predicted molar refractivity (Wildman–Crippen MR) is 83.7 cm³/mol. The van der Waals surface area contributed by atoms with Gasteiger partial charge < -0.3 is 14.8 Å². The highest BCUT2D eigenvalue weighted by Gasteiger charge is 2.06. The molecule has 1 heterocycles. The van der Waals surface area contributed by atoms with E-state index >= 15 is 0 Å². The molecule has 8 heteroatoms. The Hall–Kier alpha value is -3.16. The summed E-state index contributed by atoms with van der Waals surface area (Å²) in [6.45, 7) is 2.09. The molecular weight excluding hydrogens is 300 g/mol. The maximum atomic E-state index is 11.6. The Morgan fingerprint density at radius 3 is 2.26 bits per heavy atom. The Morgan fingerprint density at radius 1 is 1.04 bits per heavy atom. The zero-order valence-corrected chi connectivity index (χ0v) is 12.7. The van der Waals surface area contributed by atoms with Crippen LogP contribution in [0.25, 0.3) is 0 Å². The molecule has 0 aliphatic carbocycles. The van der Waals surface area contributed by atoms with E-state index in [1.54, 1.807) is 43.3 Å². The molecule has 0 fully saturated rings. The third kappa shape index (κ3) is 4.67. The van der Waals surface area contributed by atoms with Crippen LogP contribution in [0.5, 0.6) is 0 Å². The minimum absolute atomic E-state index is 0.278. The summed E-state index contributed by atoms with van der Waals surface area (Å²) in [6.07, 6.45) is -0.616. The Morgan fingerprint density at radius 2 is 1.70 bits per heavy atom. The number of nitrogens with one attached hydrogen (secondary N) is 2. The number of hydrogen-bond acceptors (Lipinski definition) is 7. The van der Waals surface area contributed by atoms with Crippen LogP contribution in [0.1, 0.15) is 17.3 Å². The van der Waals surface area contributed by atoms with Gasteiger partial charge in [-0.2, -0.15) is 0 Å². The van der Waals surface area contributed by atoms with Crippen LogP contribution in [0.15, 0.2) is 36.4 Å². The number of aromatic nitrogens is 2. The minimum atomic E-state index is -0.616. The first kappa shape index (κ1) is 16.2. The summed E-state index contributed by atoms with van der Waals surface area (Å²) < 4.78 is 9.37. The molecule has 0 bridgehead atoms. The molecule has 8 nitrogen and oxygen atoms in total. The van der Waals surface area contributed by atoms with Crippen molar-refractivity contribution in [3.05, 3.63) is 42.0 Å². The second-order valence-electron chi connectivity index (χ2n) is 4.34. The van der Waals surface area contributed by atoms with E-state index in [0.29, 0.717) is 18.0 Å². The molecule has 23 heavy (non-hydrogen) atoms. The number of benzene rings is 1. The van der Waals surface area contributed by atoms with Gasteiger partial charge in [-0.3, -0.25) is 5.32 Å². The van der Waals surface area contributed by atoms with Gasteiger partial charge in [-0.1, -0.05) is 0 Å². The van der Waals surface area contributed by atoms with Crippen molar-refractivity contribution in [2.75, 3.05) is 24.4 Å². The number of anilines is 3. The average molecular weight is 316 g/mol. The lowest BCUT2D eigenvalue weighted by Crippen LogP contribution is -2.12. The van der Waals surface area contributed by atoms with E-state index in [1.807, 2.05) is 0 Å². The topological polar surface area (TPSA) is 102 Å². The van der Waals surface area contributed by atoms with Crippen LogP contribution in [0.2, 0.25) is 0 Å². The van der Waals surface area contributed by atoms with Gasteiger partial charge in [0.05, 0.1) is 19.3 Å². The fourth-order valence-electron chi connectivity index (χ4n) is 1.67. The van der Waals surface area contributed by atoms with Gasteiger partial charge in [0.25, 0.3) is 0 Å². The second kappa shape index (κ2) is 7.74. The number of methoxy groups -OCH3 is 1. The molecule has 0 aliphatic heterocycles. The number of carbonyl (C=O) groups is 2. The standard InChI is InChI=1S/C15H16N4O4/c1-3-23-14(20)10-4-6-11(7-5-10)16-12-8-9-13(19-18-12)17-15(21)22-2/h4-9H,3H2,1-2H3,(H,16,18)(H,17,19,21). The van der Waals surface area contributed by atoms with Gasteiger partial charge in [0, 0.05) is 5.69 Å². The first-order valence-electron chi connectivity index (χ1n) is 6.85. The second-order valence-corrected chi connectivity index (χ2v) is 4.34. The van der Waals surface area contributed by atoms with Crippen LogP contribution in [-0.2, 0) is 9.47 Å². The van der Waals surface area contributed by atoms with Gasteiger partial charge in [-0.05, 0) is 43.3 Å². The van der Waals surface area contributed by atoms with Crippen molar-refractivity contribution in [1.82, 2.24) is 10.2 Å². The van der Waals surface area contributed by atoms with E-state index in [4.69, 9.17) is 4.74 Å². The van der Waals surface area contributed by atoms with E-state index in [0.717, 1.165) is 5.69 Å². The fourth-order valence-corrected chi connectivity index (χ4v) is 1.67. The normalized spacial score (nSPS) is 9.83. The Kier molecular flexibility index (Phi) is 5.45. The summed E-state index contributed by atoms with van der Waals surface area (Å²) in [7, 11) is 1.26. The number of ether oxygens (including phenoxy) is 2. The highest BCUT2D eigenvalue weighted by Crippen LogP contribution is 2.16. The maximum Gasteiger partial charge on any atom is 0.412 e. The molecule has 0 atom stereocenters. The lowest BCUT2D eigenvalue weighted by atomic mass is 10.2. The van der Waals surface area contributed by atoms with Crippen molar-refractivity contribution >= 4 is 29.4 Å². The number of hydrogen-bond donors (Lipinski definition) is 2. The number of nitrogens with zero attached hydrogens (tertiary/aromatic N) is 2. The first-order chi connectivity index (χ1) is 11.1. The van der Waals surface area contributed by atoms with Crippen molar-refractivity contribution in [3.8, 4) is 0 Å². The molecule has 0 aliphatic rings. The third-order valence-corrected chi connectivity index (χ3v) is 2.75. The average Bonchev–Trinajstić information content (AvgIpc) is 2.57. The molecule has 0 saturated heterocycles. The molecule has 0 radical (unpaired) electrons. The summed E-state index contributed by atoms with van der Waals surface area (Å²) in [4.78, 5) is 22.6. The van der Waals surface area contributed by atoms with Gasteiger partial charge in [0.1, 0.15) is 0 Å². The summed E-state index contributed by atoms with van der Waals surface area (Å²) in [6, 6.07) is 10.0. The molecule has 2 N–H and O–H groups in total. The van der Waals surface area contributed by atoms with E-state index in [9.17, 15) is 9.59 Å². The van der Waals surface area contributed by atoms with Crippen molar-refractivity contribution in [3.63, 3.8) is 0 Å². The van der Waals surface area contributed by atoms with Gasteiger partial charge in [0.2, 0.25) is 0 Å². The van der Waals surface area contributed by atoms with Crippen LogP contribution in [0, 0.1) is 0 Å². The van der Waals surface area contributed by atoms with Gasteiger partial charge in [-0.15, -0.1) is 10.2 Å². The van der Waals surface area contributed by atoms with Crippen molar-refractivity contribution in [1.29, 1.82) is 0 Å². The van der Waals surface area contributed by atoms with Crippen LogP contribution in [-0.4, -0.2) is 36.0 Å². The Balaban J connectivity index is 1.99. The van der Waals surface area contributed by atoms with Crippen molar-refractivity contribution < 1.29 is 19.1 Å². The van der Waals surface area contributed by atoms with E-state index in [2.05, 4.69) is 25.6 Å². The van der Waals surface area contributed by atoms with Crippen molar-refractivity contribution in [2.45, 2.75) is 6.92 Å². The molecule has 1 aromatic carbocycles. The van der Waals surface area contributed by atoms with Crippen LogP contribution < -0.4 is 10.6 Å². The monoisotopic (exact) mass is 316 g/mol. The van der Waals surface area contributed by atoms with Crippen LogP contribution in [0.4, 0.5) is 22.1 Å². The zero-order valence-electron chi connectivity index (χ0n) is 12.7. The third-order valence-electron chi connectivity index (χ3n) is 2.75. The fraction of sp³-hybridized carbons (Fsp3) is 0.200. The quantitative estimate of drug-likeness (QED) is 0.817. The van der Waals surface area contributed by atoms with Crippen molar-refractivity contribution in [2.24, 2.45) is 0 Å². The Bertz CT molecular complexity index is 671. The number of amides is 1. The minimum Gasteiger partial charge on any atom is -0.462 e. The zero-order chi connectivity index (χ0) is 16.7. The molecule has 2 aromatic rings.